The highest BCUT2D eigenvalue weighted by Crippen LogP contribution is 2.40. The molecule has 1 aliphatic rings. The maximum atomic E-state index is 12.3. The highest BCUT2D eigenvalue weighted by atomic mass is 32.2. The Kier molecular flexibility index (Phi) is 11.9. The minimum atomic E-state index is -0.591. The van der Waals surface area contributed by atoms with Gasteiger partial charge in [0.1, 0.15) is 6.33 Å². The summed E-state index contributed by atoms with van der Waals surface area (Å²) in [4.78, 5) is 23.4. The van der Waals surface area contributed by atoms with Gasteiger partial charge in [0, 0.05) is 44.2 Å². The van der Waals surface area contributed by atoms with Crippen LogP contribution in [0.25, 0.3) is 11.1 Å². The molecule has 0 aliphatic carbocycles. The third-order valence-electron chi connectivity index (χ3n) is 7.77. The molecule has 242 valence electrons. The van der Waals surface area contributed by atoms with Crippen LogP contribution in [0, 0.1) is 0 Å². The first-order valence-corrected chi connectivity index (χ1v) is 16.3. The molecule has 1 aromatic heterocycles. The van der Waals surface area contributed by atoms with Crippen LogP contribution in [0.4, 0.5) is 0 Å². The predicted octanol–water partition coefficient (Wildman–Crippen LogP) is 4.99. The van der Waals surface area contributed by atoms with Crippen molar-refractivity contribution in [2.45, 2.75) is 68.9 Å². The molecule has 12 heteroatoms. The summed E-state index contributed by atoms with van der Waals surface area (Å²) in [6, 6.07) is 24.0. The molecule has 46 heavy (non-hydrogen) atoms. The molecule has 1 fully saturated rings. The molecule has 3 unspecified atom stereocenters. The molecule has 3 atom stereocenters. The number of nitrogens with zero attached hydrogens (tertiary/aromatic N) is 3. The van der Waals surface area contributed by atoms with Crippen LogP contribution in [0.3, 0.4) is 0 Å². The van der Waals surface area contributed by atoms with Crippen LogP contribution in [-0.2, 0) is 39.3 Å². The van der Waals surface area contributed by atoms with Gasteiger partial charge >= 0.3 is 0 Å². The standard InChI is InChI=1S/C34H39N5O6S/c1-39-22-36-37-34(39)46-21-29-18-30(25-14-12-23(20-40)13-15-25)45-33(44-29)28-9-5-8-27(17-28)26-7-4-6-24(16-26)19-35-31(41)10-2-3-11-32(42)38-43/h4-9,12-17,22,29-30,33,40,43H,2-3,10-11,18-21H2,1H3,(H,35,41)(H,38,42). The number of nitrogens with one attached hydrogen (secondary N) is 2. The lowest BCUT2D eigenvalue weighted by Gasteiger charge is -2.36. The minimum Gasteiger partial charge on any atom is -0.392 e. The second-order valence-corrected chi connectivity index (χ2v) is 12.2. The molecule has 2 amide bonds. The molecule has 4 N–H and O–H groups in total. The molecule has 1 saturated heterocycles. The molecule has 0 radical (unpaired) electrons. The van der Waals surface area contributed by atoms with E-state index in [0.717, 1.165) is 38.5 Å². The fourth-order valence-corrected chi connectivity index (χ4v) is 6.14. The van der Waals surface area contributed by atoms with E-state index in [-0.39, 0.29) is 31.1 Å². The van der Waals surface area contributed by atoms with E-state index >= 15 is 0 Å². The Morgan fingerprint density at radius 1 is 0.935 bits per heavy atom. The minimum absolute atomic E-state index is 0.0116. The number of aryl methyl sites for hydroxylation is 1. The number of unbranched alkanes of at least 4 members (excludes halogenated alkanes) is 1. The zero-order valence-electron chi connectivity index (χ0n) is 25.7. The van der Waals surface area contributed by atoms with Crippen LogP contribution < -0.4 is 10.8 Å². The Balaban J connectivity index is 1.26. The van der Waals surface area contributed by atoms with Gasteiger partial charge in [-0.2, -0.15) is 0 Å². The van der Waals surface area contributed by atoms with Crippen molar-refractivity contribution in [2.75, 3.05) is 5.75 Å². The summed E-state index contributed by atoms with van der Waals surface area (Å²) in [5.41, 5.74) is 7.35. The number of ether oxygens (including phenoxy) is 2. The van der Waals surface area contributed by atoms with Gasteiger partial charge in [0.2, 0.25) is 11.8 Å². The Morgan fingerprint density at radius 3 is 2.39 bits per heavy atom. The summed E-state index contributed by atoms with van der Waals surface area (Å²) in [5.74, 6) is 0.146. The van der Waals surface area contributed by atoms with E-state index in [1.807, 2.05) is 72.3 Å². The molecule has 5 rings (SSSR count). The van der Waals surface area contributed by atoms with Crippen molar-refractivity contribution in [2.24, 2.45) is 7.05 Å². The maximum Gasteiger partial charge on any atom is 0.243 e. The number of aliphatic hydroxyl groups is 1. The van der Waals surface area contributed by atoms with Gasteiger partial charge in [0.05, 0.1) is 18.8 Å². The number of carbonyl (C=O) groups excluding carboxylic acids is 2. The molecule has 0 saturated carbocycles. The second kappa shape index (κ2) is 16.5. The van der Waals surface area contributed by atoms with Gasteiger partial charge in [-0.15, -0.1) is 10.2 Å². The average Bonchev–Trinajstić information content (AvgIpc) is 3.52. The van der Waals surface area contributed by atoms with Crippen molar-refractivity contribution in [3.8, 4) is 11.1 Å². The number of rotatable bonds is 14. The SMILES string of the molecule is Cn1cnnc1SCC1CC(c2ccc(CO)cc2)OC(c2cccc(-c3cccc(CNC(=O)CCCCC(=O)NO)c3)c2)O1. The number of aliphatic hydroxyl groups excluding tert-OH is 1. The van der Waals surface area contributed by atoms with Gasteiger partial charge in [0.25, 0.3) is 0 Å². The Bertz CT molecular complexity index is 1600. The fraction of sp³-hybridized carbons (Fsp3) is 0.353. The molecule has 3 aromatic carbocycles. The van der Waals surface area contributed by atoms with E-state index in [1.54, 1.807) is 23.6 Å². The van der Waals surface area contributed by atoms with Crippen molar-refractivity contribution in [3.05, 3.63) is 101 Å². The molecular formula is C34H39N5O6S. The monoisotopic (exact) mass is 645 g/mol. The number of hydrogen-bond acceptors (Lipinski definition) is 9. The van der Waals surface area contributed by atoms with E-state index < -0.39 is 12.2 Å². The number of thioether (sulfide) groups is 1. The van der Waals surface area contributed by atoms with Crippen molar-refractivity contribution in [1.82, 2.24) is 25.6 Å². The summed E-state index contributed by atoms with van der Waals surface area (Å²) in [7, 11) is 1.92. The molecule has 4 aromatic rings. The topological polar surface area (TPSA) is 148 Å². The smallest absolute Gasteiger partial charge is 0.243 e. The first-order chi connectivity index (χ1) is 22.4. The van der Waals surface area contributed by atoms with E-state index in [9.17, 15) is 14.7 Å². The van der Waals surface area contributed by atoms with Gasteiger partial charge in [-0.3, -0.25) is 14.8 Å². The summed E-state index contributed by atoms with van der Waals surface area (Å²) >= 11 is 1.60. The third kappa shape index (κ3) is 9.24. The zero-order chi connectivity index (χ0) is 32.3. The van der Waals surface area contributed by atoms with E-state index in [4.69, 9.17) is 14.7 Å². The Morgan fingerprint density at radius 2 is 1.67 bits per heavy atom. The number of hydroxylamine groups is 1. The van der Waals surface area contributed by atoms with E-state index in [0.29, 0.717) is 38.0 Å². The molecule has 0 bridgehead atoms. The maximum absolute atomic E-state index is 12.3. The van der Waals surface area contributed by atoms with Crippen LogP contribution in [0.1, 0.15) is 66.8 Å². The average molecular weight is 646 g/mol. The first kappa shape index (κ1) is 33.3. The molecule has 1 aliphatic heterocycles. The fourth-order valence-electron chi connectivity index (χ4n) is 5.24. The van der Waals surface area contributed by atoms with Crippen molar-refractivity contribution < 1.29 is 29.4 Å². The van der Waals surface area contributed by atoms with E-state index in [2.05, 4.69) is 27.6 Å². The number of benzene rings is 3. The first-order valence-electron chi connectivity index (χ1n) is 15.3. The number of hydrogen-bond donors (Lipinski definition) is 4. The van der Waals surface area contributed by atoms with Gasteiger partial charge < -0.3 is 24.5 Å². The highest BCUT2D eigenvalue weighted by molar-refractivity contribution is 7.99. The second-order valence-electron chi connectivity index (χ2n) is 11.2. The van der Waals surface area contributed by atoms with Crippen LogP contribution in [0.2, 0.25) is 0 Å². The summed E-state index contributed by atoms with van der Waals surface area (Å²) in [6.45, 7) is 0.377. The van der Waals surface area contributed by atoms with Gasteiger partial charge in [-0.05, 0) is 52.8 Å². The molecular weight excluding hydrogens is 606 g/mol. The van der Waals surface area contributed by atoms with Crippen LogP contribution in [-0.4, -0.2) is 48.7 Å². The highest BCUT2D eigenvalue weighted by Gasteiger charge is 2.32. The normalized spacial score (nSPS) is 17.8. The Hall–Kier alpha value is -4.07. The zero-order valence-corrected chi connectivity index (χ0v) is 26.5. The lowest BCUT2D eigenvalue weighted by Crippen LogP contribution is -2.31. The molecule has 2 heterocycles. The molecule has 11 nitrogen and oxygen atoms in total. The van der Waals surface area contributed by atoms with Crippen LogP contribution in [0.15, 0.2) is 84.3 Å². The van der Waals surface area contributed by atoms with E-state index in [1.165, 1.54) is 0 Å². The lowest BCUT2D eigenvalue weighted by atomic mass is 9.99. The van der Waals surface area contributed by atoms with Gasteiger partial charge in [-0.25, -0.2) is 5.48 Å². The summed E-state index contributed by atoms with van der Waals surface area (Å²) in [6.07, 6.45) is 3.04. The summed E-state index contributed by atoms with van der Waals surface area (Å²) < 4.78 is 15.0. The lowest BCUT2D eigenvalue weighted by molar-refractivity contribution is -0.245. The van der Waals surface area contributed by atoms with Crippen molar-refractivity contribution in [1.29, 1.82) is 0 Å². The van der Waals surface area contributed by atoms with Crippen molar-refractivity contribution >= 4 is 23.6 Å². The number of amides is 2. The van der Waals surface area contributed by atoms with Gasteiger partial charge in [-0.1, -0.05) is 72.4 Å². The number of carbonyl (C=O) groups is 2. The number of aromatic nitrogens is 3. The van der Waals surface area contributed by atoms with Crippen molar-refractivity contribution in [3.63, 3.8) is 0 Å². The van der Waals surface area contributed by atoms with Crippen LogP contribution in [0.5, 0.6) is 0 Å². The Labute approximate surface area is 272 Å². The molecule has 0 spiro atoms. The predicted molar refractivity (Wildman–Crippen MR) is 172 cm³/mol. The van der Waals surface area contributed by atoms with Crippen LogP contribution >= 0.6 is 11.8 Å². The van der Waals surface area contributed by atoms with Gasteiger partial charge in [0.15, 0.2) is 11.4 Å². The largest absolute Gasteiger partial charge is 0.392 e. The summed E-state index contributed by atoms with van der Waals surface area (Å²) in [5, 5.41) is 30.0. The quantitative estimate of drug-likeness (QED) is 0.0644. The third-order valence-corrected chi connectivity index (χ3v) is 8.94.